The number of pyridine rings is 1. The molecule has 0 bridgehead atoms. The first-order valence-electron chi connectivity index (χ1n) is 14.8. The summed E-state index contributed by atoms with van der Waals surface area (Å²) in [6.45, 7) is 3.26. The third-order valence-electron chi connectivity index (χ3n) is 8.32. The first-order chi connectivity index (χ1) is 22.2. The number of carbonyl (C=O) groups excluding carboxylic acids is 2. The second-order valence-corrected chi connectivity index (χ2v) is 11.1. The number of hydrogen-bond donors (Lipinski definition) is 0. The molecule has 0 saturated heterocycles. The van der Waals surface area contributed by atoms with Crippen molar-refractivity contribution in [3.8, 4) is 22.9 Å². The molecular weight excluding hydrogens is 587 g/mol. The van der Waals surface area contributed by atoms with Gasteiger partial charge in [0.05, 0.1) is 38.1 Å². The van der Waals surface area contributed by atoms with Crippen LogP contribution >= 0.6 is 0 Å². The topological polar surface area (TPSA) is 88.9 Å². The molecule has 2 aromatic heterocycles. The first-order valence-corrected chi connectivity index (χ1v) is 14.8. The highest BCUT2D eigenvalue weighted by atomic mass is 19.1. The van der Waals surface area contributed by atoms with Crippen LogP contribution in [-0.4, -0.2) is 49.2 Å². The number of benzene rings is 3. The van der Waals surface area contributed by atoms with Crippen molar-refractivity contribution in [2.75, 3.05) is 27.9 Å². The van der Waals surface area contributed by atoms with Crippen LogP contribution in [0.4, 0.5) is 4.39 Å². The molecule has 0 amide bonds. The van der Waals surface area contributed by atoms with Crippen LogP contribution in [0.25, 0.3) is 28.2 Å². The van der Waals surface area contributed by atoms with E-state index in [2.05, 4.69) is 0 Å². The van der Waals surface area contributed by atoms with Crippen molar-refractivity contribution < 1.29 is 32.9 Å². The van der Waals surface area contributed by atoms with Gasteiger partial charge in [0.25, 0.3) is 0 Å². The fraction of sp³-hybridized carbons (Fsp3) is 0.216. The minimum atomic E-state index is -0.579. The highest BCUT2D eigenvalue weighted by Crippen LogP contribution is 2.42. The van der Waals surface area contributed by atoms with Crippen molar-refractivity contribution in [1.29, 1.82) is 0 Å². The Morgan fingerprint density at radius 1 is 0.913 bits per heavy atom. The summed E-state index contributed by atoms with van der Waals surface area (Å²) in [5.41, 5.74) is 7.02. The zero-order valence-corrected chi connectivity index (χ0v) is 26.3. The molecular formula is C37H33FN2O6. The van der Waals surface area contributed by atoms with Crippen LogP contribution in [0.3, 0.4) is 0 Å². The van der Waals surface area contributed by atoms with Crippen LogP contribution in [0.1, 0.15) is 55.3 Å². The molecule has 46 heavy (non-hydrogen) atoms. The minimum absolute atomic E-state index is 0.326. The van der Waals surface area contributed by atoms with E-state index in [1.807, 2.05) is 60.9 Å². The molecule has 8 nitrogen and oxygen atoms in total. The molecule has 0 fully saturated rings. The van der Waals surface area contributed by atoms with E-state index in [9.17, 15) is 14.0 Å². The van der Waals surface area contributed by atoms with Gasteiger partial charge in [-0.15, -0.1) is 0 Å². The highest BCUT2D eigenvalue weighted by molar-refractivity contribution is 6.08. The number of ether oxygens (including phenoxy) is 4. The van der Waals surface area contributed by atoms with Gasteiger partial charge >= 0.3 is 5.97 Å². The Bertz CT molecular complexity index is 2000. The number of esters is 1. The van der Waals surface area contributed by atoms with Crippen molar-refractivity contribution in [3.63, 3.8) is 0 Å². The Hall–Kier alpha value is -5.44. The number of hydrogen-bond acceptors (Lipinski definition) is 7. The van der Waals surface area contributed by atoms with Crippen molar-refractivity contribution in [2.24, 2.45) is 0 Å². The van der Waals surface area contributed by atoms with E-state index in [4.69, 9.17) is 23.9 Å². The van der Waals surface area contributed by atoms with Gasteiger partial charge in [-0.25, -0.2) is 14.2 Å². The van der Waals surface area contributed by atoms with E-state index in [0.29, 0.717) is 63.5 Å². The molecule has 2 heterocycles. The SMILES string of the molecule is COc1cc(/C=C2/CCc3c2nc2ccccc2c3C(=O)OCC(=O)c2cc(C)n(-c3ccc(F)cc3)c2C)cc(OC)c1OC. The van der Waals surface area contributed by atoms with Crippen LogP contribution in [0.5, 0.6) is 17.2 Å². The van der Waals surface area contributed by atoms with Crippen molar-refractivity contribution in [3.05, 3.63) is 112 Å². The van der Waals surface area contributed by atoms with Crippen molar-refractivity contribution in [2.45, 2.75) is 26.7 Å². The van der Waals surface area contributed by atoms with E-state index in [0.717, 1.165) is 28.1 Å². The van der Waals surface area contributed by atoms with Gasteiger partial charge in [-0.1, -0.05) is 18.2 Å². The van der Waals surface area contributed by atoms with Gasteiger partial charge in [-0.2, -0.15) is 0 Å². The Kier molecular flexibility index (Phi) is 8.32. The highest BCUT2D eigenvalue weighted by Gasteiger charge is 2.29. The number of para-hydroxylation sites is 1. The standard InChI is InChI=1S/C37H33FN2O6/c1-21-16-29(22(2)40(21)26-13-11-25(38)12-14-26)31(41)20-46-37(42)34-27-8-6-7-9-30(27)39-35-24(10-15-28(34)35)17-23-18-32(43-3)36(45-5)33(19-23)44-4/h6-9,11-14,16-19H,10,15,20H2,1-5H3/b24-17-. The number of ketones is 1. The molecule has 0 radical (unpaired) electrons. The number of carbonyl (C=O) groups is 2. The zero-order valence-electron chi connectivity index (χ0n) is 26.3. The lowest BCUT2D eigenvalue weighted by atomic mass is 10.0. The van der Waals surface area contributed by atoms with Gasteiger partial charge in [0.2, 0.25) is 11.5 Å². The summed E-state index contributed by atoms with van der Waals surface area (Å²) in [6, 6.07) is 19.0. The normalized spacial score (nSPS) is 13.1. The predicted octanol–water partition coefficient (Wildman–Crippen LogP) is 7.33. The number of aromatic nitrogens is 2. The predicted molar refractivity (Wildman–Crippen MR) is 174 cm³/mol. The molecule has 5 aromatic rings. The molecule has 0 N–H and O–H groups in total. The maximum atomic E-state index is 13.8. The molecule has 234 valence electrons. The number of rotatable bonds is 9. The maximum absolute atomic E-state index is 13.8. The van der Waals surface area contributed by atoms with E-state index < -0.39 is 12.6 Å². The van der Waals surface area contributed by atoms with Gasteiger partial charge in [-0.05, 0) is 98.0 Å². The molecule has 0 aliphatic heterocycles. The third-order valence-corrected chi connectivity index (χ3v) is 8.32. The molecule has 0 saturated carbocycles. The molecule has 6 rings (SSSR count). The molecule has 0 atom stereocenters. The van der Waals surface area contributed by atoms with E-state index in [1.54, 1.807) is 39.5 Å². The zero-order chi connectivity index (χ0) is 32.5. The number of allylic oxidation sites excluding steroid dienone is 1. The van der Waals surface area contributed by atoms with Gasteiger partial charge in [0, 0.05) is 28.0 Å². The number of nitrogens with zero attached hydrogens (tertiary/aromatic N) is 2. The van der Waals surface area contributed by atoms with Crippen LogP contribution in [-0.2, 0) is 11.2 Å². The van der Waals surface area contributed by atoms with E-state index in [1.165, 1.54) is 12.1 Å². The Balaban J connectivity index is 1.31. The van der Waals surface area contributed by atoms with Gasteiger partial charge < -0.3 is 23.5 Å². The van der Waals surface area contributed by atoms with Gasteiger partial charge in [0.1, 0.15) is 5.82 Å². The average Bonchev–Trinajstić information content (AvgIpc) is 3.60. The number of methoxy groups -OCH3 is 3. The Labute approximate surface area is 266 Å². The van der Waals surface area contributed by atoms with Crippen LogP contribution in [0, 0.1) is 19.7 Å². The summed E-state index contributed by atoms with van der Waals surface area (Å²) in [4.78, 5) is 32.1. The van der Waals surface area contributed by atoms with Gasteiger partial charge in [0.15, 0.2) is 18.1 Å². The second kappa shape index (κ2) is 12.5. The van der Waals surface area contributed by atoms with Crippen LogP contribution in [0.2, 0.25) is 0 Å². The summed E-state index contributed by atoms with van der Waals surface area (Å²) in [5, 5.41) is 0.669. The molecule has 1 aliphatic rings. The van der Waals surface area contributed by atoms with Gasteiger partial charge in [-0.3, -0.25) is 4.79 Å². The maximum Gasteiger partial charge on any atom is 0.339 e. The molecule has 3 aromatic carbocycles. The molecule has 1 aliphatic carbocycles. The lowest BCUT2D eigenvalue weighted by Gasteiger charge is -2.14. The quantitative estimate of drug-likeness (QED) is 0.126. The largest absolute Gasteiger partial charge is 0.493 e. The smallest absolute Gasteiger partial charge is 0.339 e. The Morgan fingerprint density at radius 3 is 2.28 bits per heavy atom. The lowest BCUT2D eigenvalue weighted by molar-refractivity contribution is 0.0475. The van der Waals surface area contributed by atoms with Crippen LogP contribution in [0.15, 0.2) is 66.7 Å². The lowest BCUT2D eigenvalue weighted by Crippen LogP contribution is -2.17. The summed E-state index contributed by atoms with van der Waals surface area (Å²) in [7, 11) is 4.69. The Morgan fingerprint density at radius 2 is 1.61 bits per heavy atom. The molecule has 9 heteroatoms. The number of Topliss-reactive ketones (excluding diaryl/α,β-unsaturated/α-hetero) is 1. The average molecular weight is 621 g/mol. The number of fused-ring (bicyclic) bond motifs is 2. The number of aryl methyl sites for hydroxylation is 1. The van der Waals surface area contributed by atoms with Crippen molar-refractivity contribution >= 4 is 34.3 Å². The summed E-state index contributed by atoms with van der Waals surface area (Å²) in [5.74, 6) is 0.322. The monoisotopic (exact) mass is 620 g/mol. The fourth-order valence-electron chi connectivity index (χ4n) is 6.21. The second-order valence-electron chi connectivity index (χ2n) is 11.1. The molecule has 0 spiro atoms. The molecule has 0 unspecified atom stereocenters. The number of halogens is 1. The summed E-state index contributed by atoms with van der Waals surface area (Å²) in [6.07, 6.45) is 3.25. The first kappa shape index (κ1) is 30.6. The van der Waals surface area contributed by atoms with E-state index >= 15 is 0 Å². The summed E-state index contributed by atoms with van der Waals surface area (Å²) < 4.78 is 37.6. The summed E-state index contributed by atoms with van der Waals surface area (Å²) >= 11 is 0. The minimum Gasteiger partial charge on any atom is -0.493 e. The fourth-order valence-corrected chi connectivity index (χ4v) is 6.21. The van der Waals surface area contributed by atoms with Crippen LogP contribution < -0.4 is 14.2 Å². The van der Waals surface area contributed by atoms with E-state index in [-0.39, 0.29) is 11.6 Å². The van der Waals surface area contributed by atoms with Crippen molar-refractivity contribution in [1.82, 2.24) is 9.55 Å². The third kappa shape index (κ3) is 5.49.